The number of rotatable bonds is 7. The van der Waals surface area contributed by atoms with Crippen LogP contribution in [0.15, 0.2) is 195 Å². The predicted octanol–water partition coefficient (Wildman–Crippen LogP) is 14.2. The van der Waals surface area contributed by atoms with Crippen molar-refractivity contribution >= 4 is 82.5 Å². The van der Waals surface area contributed by atoms with Crippen molar-refractivity contribution in [2.75, 3.05) is 16.8 Å². The summed E-state index contributed by atoms with van der Waals surface area (Å²) in [6.45, 7) is 4.26. The SMILES string of the molecule is Cc1cc(-n2c3[c-]c(Oc4[c-]c(N5[CH-]N(C)c6ccccc65)ccc4)ccc3c3ccccc32)ncc1-c1c(-n2c3ccccc3c3cnccc32)cccc1-n1c2ccccc2c2cnccc21.[Pt]. The van der Waals surface area contributed by atoms with Crippen LogP contribution >= 0.6 is 0 Å². The van der Waals surface area contributed by atoms with Crippen LogP contribution in [0.25, 0.3) is 93.7 Å². The van der Waals surface area contributed by atoms with Gasteiger partial charge >= 0.3 is 0 Å². The van der Waals surface area contributed by atoms with Gasteiger partial charge in [-0.15, -0.1) is 41.4 Å². The first kappa shape index (κ1) is 41.6. The first-order valence-electron chi connectivity index (χ1n) is 23.0. The number of nitrogens with zero attached hydrogens (tertiary/aromatic N) is 8. The van der Waals surface area contributed by atoms with Gasteiger partial charge in [-0.05, 0) is 85.6 Å². The van der Waals surface area contributed by atoms with Crippen molar-refractivity contribution in [3.05, 3.63) is 219 Å². The summed E-state index contributed by atoms with van der Waals surface area (Å²) in [4.78, 5) is 18.8. The number of ether oxygens (including phenoxy) is 1. The van der Waals surface area contributed by atoms with E-state index in [1.54, 1.807) is 0 Å². The molecule has 13 aromatic rings. The molecule has 0 atom stereocenters. The Morgan fingerprint density at radius 3 is 1.69 bits per heavy atom. The zero-order chi connectivity index (χ0) is 45.7. The number of benzene rings is 7. The number of hydrogen-bond donors (Lipinski definition) is 0. The van der Waals surface area contributed by atoms with Gasteiger partial charge in [0, 0.05) is 113 Å². The van der Waals surface area contributed by atoms with E-state index in [4.69, 9.17) is 9.72 Å². The number of aromatic nitrogens is 6. The molecule has 0 bridgehead atoms. The smallest absolute Gasteiger partial charge is 0.135 e. The summed E-state index contributed by atoms with van der Waals surface area (Å²) in [6, 6.07) is 64.3. The summed E-state index contributed by atoms with van der Waals surface area (Å²) < 4.78 is 13.6. The molecule has 7 aromatic carbocycles. The van der Waals surface area contributed by atoms with Crippen LogP contribution in [0.3, 0.4) is 0 Å². The molecule has 6 aromatic heterocycles. The molecule has 10 heteroatoms. The van der Waals surface area contributed by atoms with Crippen LogP contribution in [0.5, 0.6) is 11.5 Å². The van der Waals surface area contributed by atoms with E-state index < -0.39 is 0 Å². The van der Waals surface area contributed by atoms with Crippen molar-refractivity contribution in [1.82, 2.24) is 28.7 Å². The molecular formula is C60H39N8OPt-3. The molecule has 0 saturated heterocycles. The molecule has 0 spiro atoms. The summed E-state index contributed by atoms with van der Waals surface area (Å²) >= 11 is 0. The number of pyridine rings is 3. The third-order valence-electron chi connectivity index (χ3n) is 13.6. The summed E-state index contributed by atoms with van der Waals surface area (Å²) in [6.07, 6.45) is 9.74. The van der Waals surface area contributed by atoms with E-state index >= 15 is 0 Å². The van der Waals surface area contributed by atoms with Crippen molar-refractivity contribution in [3.63, 3.8) is 0 Å². The van der Waals surface area contributed by atoms with Gasteiger partial charge < -0.3 is 28.2 Å². The minimum absolute atomic E-state index is 0. The van der Waals surface area contributed by atoms with Gasteiger partial charge in [0.25, 0.3) is 0 Å². The molecule has 9 nitrogen and oxygen atoms in total. The monoisotopic (exact) mass is 1080 g/mol. The zero-order valence-corrected chi connectivity index (χ0v) is 40.1. The molecule has 1 aliphatic heterocycles. The summed E-state index contributed by atoms with van der Waals surface area (Å²) in [5.74, 6) is 1.96. The standard InChI is InChI=1S/C60H39N8O.Pt/c1-38-31-59(68-51-20-8-3-15-42(51)45-26-25-41(33-58(45)68)69-40-14-11-13-39(32-40)65-37-64(2)54-21-9-10-22-55(54)65)63-36-46(38)60-56(66-49-18-6-4-16-43(49)47-34-61-29-27-52(47)66)23-12-24-57(60)67-50-19-7-5-17-44(50)48-35-62-30-28-53(48)67;/h3-31,34-37H,1-2H3;/q-3;. The van der Waals surface area contributed by atoms with Gasteiger partial charge in [0.05, 0.1) is 33.4 Å². The van der Waals surface area contributed by atoms with Crippen LogP contribution in [-0.2, 0) is 21.1 Å². The molecule has 0 aliphatic carbocycles. The molecule has 0 N–H and O–H groups in total. The summed E-state index contributed by atoms with van der Waals surface area (Å²) in [5, 5.41) is 6.64. The third-order valence-corrected chi connectivity index (χ3v) is 13.6. The predicted molar refractivity (Wildman–Crippen MR) is 278 cm³/mol. The van der Waals surface area contributed by atoms with Crippen LogP contribution < -0.4 is 14.5 Å². The molecule has 338 valence electrons. The number of aryl methyl sites for hydroxylation is 1. The Morgan fingerprint density at radius 2 is 1.03 bits per heavy atom. The molecule has 1 aliphatic rings. The van der Waals surface area contributed by atoms with Crippen LogP contribution in [0.2, 0.25) is 0 Å². The molecule has 0 saturated carbocycles. The normalized spacial score (nSPS) is 12.5. The Hall–Kier alpha value is -8.52. The van der Waals surface area contributed by atoms with Gasteiger partial charge in [0.15, 0.2) is 0 Å². The maximum Gasteiger partial charge on any atom is 0.135 e. The zero-order valence-electron chi connectivity index (χ0n) is 37.9. The first-order chi connectivity index (χ1) is 34.1. The number of fused-ring (bicyclic) bond motifs is 10. The molecule has 7 heterocycles. The van der Waals surface area contributed by atoms with Gasteiger partial charge in [0.2, 0.25) is 0 Å². The van der Waals surface area contributed by atoms with Gasteiger partial charge in [-0.25, -0.2) is 4.98 Å². The molecule has 70 heavy (non-hydrogen) atoms. The Bertz CT molecular complexity index is 3990. The number of hydrogen-bond acceptors (Lipinski definition) is 6. The quantitative estimate of drug-likeness (QED) is 0.148. The summed E-state index contributed by atoms with van der Waals surface area (Å²) in [5.41, 5.74) is 14.6. The van der Waals surface area contributed by atoms with E-state index in [1.807, 2.05) is 55.2 Å². The Kier molecular flexibility index (Phi) is 9.71. The van der Waals surface area contributed by atoms with Crippen LogP contribution in [0.1, 0.15) is 5.56 Å². The fourth-order valence-corrected chi connectivity index (χ4v) is 10.6. The fraction of sp³-hybridized carbons (Fsp3) is 0.0333. The Morgan fingerprint density at radius 1 is 0.486 bits per heavy atom. The second-order valence-electron chi connectivity index (χ2n) is 17.5. The van der Waals surface area contributed by atoms with E-state index in [9.17, 15) is 0 Å². The molecule has 0 unspecified atom stereocenters. The van der Waals surface area contributed by atoms with Crippen LogP contribution in [0.4, 0.5) is 17.1 Å². The van der Waals surface area contributed by atoms with Crippen LogP contribution in [-0.4, -0.2) is 35.7 Å². The molecule has 0 amide bonds. The van der Waals surface area contributed by atoms with E-state index in [2.05, 4.69) is 206 Å². The maximum absolute atomic E-state index is 6.60. The second-order valence-corrected chi connectivity index (χ2v) is 17.5. The molecule has 14 rings (SSSR count). The Balaban J connectivity index is 0.00000480. The van der Waals surface area contributed by atoms with E-state index in [0.29, 0.717) is 11.5 Å². The number of para-hydroxylation sites is 5. The van der Waals surface area contributed by atoms with Gasteiger partial charge in [-0.3, -0.25) is 9.97 Å². The minimum Gasteiger partial charge on any atom is -0.509 e. The summed E-state index contributed by atoms with van der Waals surface area (Å²) in [7, 11) is 2.05. The second kappa shape index (κ2) is 16.3. The molecule has 0 radical (unpaired) electrons. The molecule has 0 fully saturated rings. The van der Waals surface area contributed by atoms with Crippen molar-refractivity contribution in [1.29, 1.82) is 0 Å². The van der Waals surface area contributed by atoms with Gasteiger partial charge in [0.1, 0.15) is 5.82 Å². The van der Waals surface area contributed by atoms with Crippen molar-refractivity contribution in [2.24, 2.45) is 0 Å². The van der Waals surface area contributed by atoms with E-state index in [0.717, 1.165) is 116 Å². The maximum atomic E-state index is 6.60. The van der Waals surface area contributed by atoms with Gasteiger partial charge in [-0.2, -0.15) is 18.8 Å². The molecular weight excluding hydrogens is 1040 g/mol. The first-order valence-corrected chi connectivity index (χ1v) is 23.0. The van der Waals surface area contributed by atoms with Crippen LogP contribution in [0, 0.1) is 25.7 Å². The Labute approximate surface area is 417 Å². The van der Waals surface area contributed by atoms with E-state index in [-0.39, 0.29) is 21.1 Å². The third kappa shape index (κ3) is 6.31. The van der Waals surface area contributed by atoms with Crippen molar-refractivity contribution < 1.29 is 25.8 Å². The average molecular weight is 1080 g/mol. The van der Waals surface area contributed by atoms with Gasteiger partial charge in [-0.1, -0.05) is 78.3 Å². The minimum atomic E-state index is 0. The van der Waals surface area contributed by atoms with E-state index in [1.165, 1.54) is 0 Å². The van der Waals surface area contributed by atoms with Crippen molar-refractivity contribution in [2.45, 2.75) is 6.92 Å². The number of anilines is 3. The van der Waals surface area contributed by atoms with Crippen molar-refractivity contribution in [3.8, 4) is 39.8 Å². The largest absolute Gasteiger partial charge is 0.509 e. The average Bonchev–Trinajstić information content (AvgIpc) is 4.12. The fourth-order valence-electron chi connectivity index (χ4n) is 10.6. The topological polar surface area (TPSA) is 69.2 Å².